The van der Waals surface area contributed by atoms with Crippen LogP contribution in [0.4, 0.5) is 11.6 Å². The van der Waals surface area contributed by atoms with Crippen molar-refractivity contribution in [2.24, 2.45) is 7.05 Å². The van der Waals surface area contributed by atoms with Crippen LogP contribution in [0.1, 0.15) is 0 Å². The molecule has 0 amide bonds. The maximum atomic E-state index is 12.7. The summed E-state index contributed by atoms with van der Waals surface area (Å²) in [4.78, 5) is 43.1. The molecule has 0 unspecified atom stereocenters. The molecule has 1 saturated heterocycles. The van der Waals surface area contributed by atoms with Crippen molar-refractivity contribution in [2.75, 3.05) is 49.7 Å². The van der Waals surface area contributed by atoms with Crippen LogP contribution in [0.2, 0.25) is 0 Å². The van der Waals surface area contributed by atoms with Crippen molar-refractivity contribution >= 4 is 33.4 Å². The van der Waals surface area contributed by atoms with Gasteiger partial charge in [-0.05, 0) is 24.3 Å². The third kappa shape index (κ3) is 3.82. The number of benzene rings is 1. The maximum Gasteiger partial charge on any atom is 0.262 e. The first-order chi connectivity index (χ1) is 16.1. The number of nitrogens with zero attached hydrogens (tertiary/aromatic N) is 7. The molecule has 1 aromatic carbocycles. The van der Waals surface area contributed by atoms with Gasteiger partial charge in [-0.15, -0.1) is 0 Å². The Hall–Kier alpha value is -3.79. The average molecular weight is 447 g/mol. The predicted molar refractivity (Wildman–Crippen MR) is 127 cm³/mol. The number of fused-ring (bicyclic) bond motifs is 2. The van der Waals surface area contributed by atoms with Gasteiger partial charge < -0.3 is 14.5 Å². The topological polar surface area (TPSA) is 98.4 Å². The highest BCUT2D eigenvalue weighted by atomic mass is 16.5. The summed E-state index contributed by atoms with van der Waals surface area (Å²) in [6, 6.07) is 7.48. The van der Waals surface area contributed by atoms with E-state index in [0.29, 0.717) is 40.9 Å². The molecule has 1 aliphatic rings. The van der Waals surface area contributed by atoms with Gasteiger partial charge in [-0.2, -0.15) is 0 Å². The Morgan fingerprint density at radius 2 is 1.73 bits per heavy atom. The molecular weight excluding hydrogens is 422 g/mol. The number of hydrogen-bond donors (Lipinski definition) is 0. The van der Waals surface area contributed by atoms with E-state index in [-0.39, 0.29) is 11.1 Å². The molecule has 0 bridgehead atoms. The van der Waals surface area contributed by atoms with E-state index in [1.54, 1.807) is 48.1 Å². The van der Waals surface area contributed by atoms with E-state index in [1.807, 2.05) is 18.2 Å². The van der Waals surface area contributed by atoms with Crippen LogP contribution in [0, 0.1) is 0 Å². The normalized spacial score (nSPS) is 14.4. The SMILES string of the molecule is COCCn1cnc2cc(N3CCN(c4nc5cnccc5c(=O)n4C)CC3)ccc2c1=O. The van der Waals surface area contributed by atoms with Crippen LogP contribution in [-0.4, -0.2) is 64.0 Å². The van der Waals surface area contributed by atoms with Crippen LogP contribution in [0.15, 0.2) is 52.6 Å². The summed E-state index contributed by atoms with van der Waals surface area (Å²) < 4.78 is 8.24. The van der Waals surface area contributed by atoms with Gasteiger partial charge in [-0.3, -0.25) is 23.7 Å². The number of ether oxygens (including phenoxy) is 1. The summed E-state index contributed by atoms with van der Waals surface area (Å²) >= 11 is 0. The molecule has 0 spiro atoms. The molecular formula is C23H25N7O3. The lowest BCUT2D eigenvalue weighted by Gasteiger charge is -2.37. The minimum absolute atomic E-state index is 0.0637. The summed E-state index contributed by atoms with van der Waals surface area (Å²) in [5, 5.41) is 1.17. The van der Waals surface area contributed by atoms with Crippen LogP contribution < -0.4 is 20.9 Å². The predicted octanol–water partition coefficient (Wildman–Crippen LogP) is 1.01. The van der Waals surface area contributed by atoms with E-state index in [0.717, 1.165) is 31.9 Å². The largest absolute Gasteiger partial charge is 0.383 e. The van der Waals surface area contributed by atoms with Crippen LogP contribution >= 0.6 is 0 Å². The minimum Gasteiger partial charge on any atom is -0.383 e. The summed E-state index contributed by atoms with van der Waals surface area (Å²) in [5.41, 5.74) is 2.17. The average Bonchev–Trinajstić information content (AvgIpc) is 2.86. The molecule has 0 aliphatic carbocycles. The van der Waals surface area contributed by atoms with Gasteiger partial charge in [0, 0.05) is 52.2 Å². The smallest absolute Gasteiger partial charge is 0.262 e. The van der Waals surface area contributed by atoms with Crippen molar-refractivity contribution in [2.45, 2.75) is 6.54 Å². The molecule has 4 aromatic rings. The van der Waals surface area contributed by atoms with Crippen LogP contribution in [0.3, 0.4) is 0 Å². The molecule has 33 heavy (non-hydrogen) atoms. The van der Waals surface area contributed by atoms with Gasteiger partial charge in [0.05, 0.1) is 47.5 Å². The summed E-state index contributed by atoms with van der Waals surface area (Å²) in [5.74, 6) is 0.650. The van der Waals surface area contributed by atoms with Gasteiger partial charge in [0.15, 0.2) is 0 Å². The summed E-state index contributed by atoms with van der Waals surface area (Å²) in [6.45, 7) is 3.90. The number of aromatic nitrogens is 5. The molecule has 0 saturated carbocycles. The Balaban J connectivity index is 1.36. The van der Waals surface area contributed by atoms with E-state index in [1.165, 1.54) is 0 Å². The molecule has 10 nitrogen and oxygen atoms in total. The zero-order valence-corrected chi connectivity index (χ0v) is 18.6. The van der Waals surface area contributed by atoms with Crippen LogP contribution in [0.5, 0.6) is 0 Å². The van der Waals surface area contributed by atoms with Crippen molar-refractivity contribution < 1.29 is 4.74 Å². The maximum absolute atomic E-state index is 12.7. The highest BCUT2D eigenvalue weighted by Gasteiger charge is 2.22. The van der Waals surface area contributed by atoms with Gasteiger partial charge >= 0.3 is 0 Å². The van der Waals surface area contributed by atoms with Crippen molar-refractivity contribution in [1.29, 1.82) is 0 Å². The summed E-state index contributed by atoms with van der Waals surface area (Å²) in [6.07, 6.45) is 4.81. The lowest BCUT2D eigenvalue weighted by molar-refractivity contribution is 0.186. The van der Waals surface area contributed by atoms with E-state index < -0.39 is 0 Å². The molecule has 5 rings (SSSR count). The van der Waals surface area contributed by atoms with Crippen molar-refractivity contribution in [3.63, 3.8) is 0 Å². The lowest BCUT2D eigenvalue weighted by atomic mass is 10.2. The monoisotopic (exact) mass is 447 g/mol. The van der Waals surface area contributed by atoms with E-state index in [2.05, 4.69) is 24.8 Å². The molecule has 1 aliphatic heterocycles. The number of rotatable bonds is 5. The second-order valence-corrected chi connectivity index (χ2v) is 8.08. The molecule has 3 aromatic heterocycles. The van der Waals surface area contributed by atoms with Gasteiger partial charge in [-0.25, -0.2) is 9.97 Å². The molecule has 0 N–H and O–H groups in total. The fourth-order valence-electron chi connectivity index (χ4n) is 4.25. The third-order valence-corrected chi connectivity index (χ3v) is 6.13. The first kappa shape index (κ1) is 21.1. The Bertz CT molecular complexity index is 1440. The highest BCUT2D eigenvalue weighted by molar-refractivity contribution is 5.81. The van der Waals surface area contributed by atoms with E-state index in [9.17, 15) is 9.59 Å². The molecule has 4 heterocycles. The first-order valence-corrected chi connectivity index (χ1v) is 10.9. The van der Waals surface area contributed by atoms with E-state index >= 15 is 0 Å². The van der Waals surface area contributed by atoms with Gasteiger partial charge in [0.1, 0.15) is 0 Å². The molecule has 10 heteroatoms. The third-order valence-electron chi connectivity index (χ3n) is 6.13. The number of methoxy groups -OCH3 is 1. The molecule has 0 atom stereocenters. The van der Waals surface area contributed by atoms with Crippen molar-refractivity contribution in [1.82, 2.24) is 24.1 Å². The number of piperazine rings is 1. The number of pyridine rings is 1. The van der Waals surface area contributed by atoms with Gasteiger partial charge in [0.25, 0.3) is 11.1 Å². The second kappa shape index (κ2) is 8.62. The minimum atomic E-state index is -0.0726. The van der Waals surface area contributed by atoms with Crippen molar-refractivity contribution in [3.8, 4) is 0 Å². The highest BCUT2D eigenvalue weighted by Crippen LogP contribution is 2.22. The lowest BCUT2D eigenvalue weighted by Crippen LogP contribution is -2.48. The van der Waals surface area contributed by atoms with Crippen LogP contribution in [0.25, 0.3) is 21.8 Å². The molecule has 0 radical (unpaired) electrons. The quantitative estimate of drug-likeness (QED) is 0.447. The zero-order chi connectivity index (χ0) is 22.9. The van der Waals surface area contributed by atoms with Gasteiger partial charge in [0.2, 0.25) is 5.95 Å². The Labute approximate surface area is 189 Å². The Morgan fingerprint density at radius 3 is 2.52 bits per heavy atom. The second-order valence-electron chi connectivity index (χ2n) is 8.08. The van der Waals surface area contributed by atoms with Gasteiger partial charge in [-0.1, -0.05) is 0 Å². The zero-order valence-electron chi connectivity index (χ0n) is 18.6. The standard InChI is InChI=1S/C23H25N7O3/c1-27-21(31)18-5-6-24-14-20(18)26-23(27)29-9-7-28(8-10-29)16-3-4-17-19(13-16)25-15-30(22(17)32)11-12-33-2/h3-6,13-15H,7-12H2,1-2H3. The first-order valence-electron chi connectivity index (χ1n) is 10.9. The fourth-order valence-corrected chi connectivity index (χ4v) is 4.25. The Kier molecular flexibility index (Phi) is 5.51. The van der Waals surface area contributed by atoms with Crippen molar-refractivity contribution in [3.05, 3.63) is 63.7 Å². The summed E-state index contributed by atoms with van der Waals surface area (Å²) in [7, 11) is 3.36. The molecule has 1 fully saturated rings. The van der Waals surface area contributed by atoms with Crippen LogP contribution in [-0.2, 0) is 18.3 Å². The Morgan fingerprint density at radius 1 is 0.970 bits per heavy atom. The van der Waals surface area contributed by atoms with E-state index in [4.69, 9.17) is 4.74 Å². The molecule has 170 valence electrons. The number of anilines is 2. The number of hydrogen-bond acceptors (Lipinski definition) is 8. The fraction of sp³-hybridized carbons (Fsp3) is 0.348.